The van der Waals surface area contributed by atoms with Gasteiger partial charge in [-0.1, -0.05) is 51.4 Å². The molecule has 2 aromatic carbocycles. The number of benzene rings is 2. The number of anilines is 1. The van der Waals surface area contributed by atoms with Crippen molar-refractivity contribution in [3.05, 3.63) is 63.4 Å². The quantitative estimate of drug-likeness (QED) is 0.284. The second kappa shape index (κ2) is 9.95. The van der Waals surface area contributed by atoms with Gasteiger partial charge in [-0.15, -0.1) is 21.5 Å². The Morgan fingerprint density at radius 2 is 1.84 bits per heavy atom. The minimum absolute atomic E-state index is 0.139. The van der Waals surface area contributed by atoms with E-state index in [2.05, 4.69) is 36.4 Å². The minimum Gasteiger partial charge on any atom is -0.302 e. The van der Waals surface area contributed by atoms with E-state index in [1.165, 1.54) is 23.1 Å². The van der Waals surface area contributed by atoms with Gasteiger partial charge in [0.25, 0.3) is 0 Å². The first-order chi connectivity index (χ1) is 15.0. The molecule has 1 N–H and O–H groups in total. The molecule has 0 aliphatic heterocycles. The Balaban J connectivity index is 1.39. The molecule has 0 aliphatic carbocycles. The Morgan fingerprint density at radius 3 is 2.55 bits per heavy atom. The highest BCUT2D eigenvalue weighted by atomic mass is 79.9. The summed E-state index contributed by atoms with van der Waals surface area (Å²) < 4.78 is 2.99. The van der Waals surface area contributed by atoms with Crippen LogP contribution in [0.4, 0.5) is 5.13 Å². The molecule has 2 heterocycles. The molecule has 6 nitrogen and oxygen atoms in total. The Bertz CT molecular complexity index is 1190. The van der Waals surface area contributed by atoms with E-state index >= 15 is 0 Å². The van der Waals surface area contributed by atoms with Crippen LogP contribution in [0.2, 0.25) is 5.02 Å². The van der Waals surface area contributed by atoms with E-state index in [0.717, 1.165) is 27.1 Å². The summed E-state index contributed by atoms with van der Waals surface area (Å²) in [6.07, 6.45) is 0. The van der Waals surface area contributed by atoms with Crippen LogP contribution in [-0.2, 0) is 11.3 Å². The number of carbonyl (C=O) groups is 1. The number of carbonyl (C=O) groups excluding carboxylic acids is 1. The van der Waals surface area contributed by atoms with Gasteiger partial charge in [0, 0.05) is 32.5 Å². The number of nitrogens with zero attached hydrogens (tertiary/aromatic N) is 4. The summed E-state index contributed by atoms with van der Waals surface area (Å²) in [5.41, 5.74) is 2.76. The third-order valence-electron chi connectivity index (χ3n) is 4.36. The molecule has 4 rings (SSSR count). The normalized spacial score (nSPS) is 10.9. The van der Waals surface area contributed by atoms with Gasteiger partial charge < -0.3 is 9.88 Å². The number of halogens is 2. The molecule has 2 aromatic heterocycles. The van der Waals surface area contributed by atoms with Gasteiger partial charge in [-0.2, -0.15) is 0 Å². The zero-order valence-electron chi connectivity index (χ0n) is 16.4. The topological polar surface area (TPSA) is 72.7 Å². The van der Waals surface area contributed by atoms with Crippen molar-refractivity contribution in [1.82, 2.24) is 19.7 Å². The van der Waals surface area contributed by atoms with Gasteiger partial charge >= 0.3 is 0 Å². The lowest BCUT2D eigenvalue weighted by Gasteiger charge is -2.07. The smallest absolute Gasteiger partial charge is 0.236 e. The molecule has 0 atom stereocenters. The molecule has 0 fully saturated rings. The van der Waals surface area contributed by atoms with Crippen LogP contribution in [0.5, 0.6) is 0 Å². The minimum atomic E-state index is -0.139. The lowest BCUT2D eigenvalue weighted by molar-refractivity contribution is -0.113. The zero-order chi connectivity index (χ0) is 21.8. The largest absolute Gasteiger partial charge is 0.302 e. The number of hydrogen-bond donors (Lipinski definition) is 1. The third kappa shape index (κ3) is 5.35. The molecule has 0 radical (unpaired) electrons. The Morgan fingerprint density at radius 1 is 1.13 bits per heavy atom. The maximum absolute atomic E-state index is 12.4. The highest BCUT2D eigenvalue weighted by Gasteiger charge is 2.15. The lowest BCUT2D eigenvalue weighted by atomic mass is 10.2. The van der Waals surface area contributed by atoms with Crippen LogP contribution in [0, 0.1) is 0 Å². The average Bonchev–Trinajstić information content (AvgIpc) is 3.40. The first-order valence-corrected chi connectivity index (χ1v) is 12.4. The van der Waals surface area contributed by atoms with Gasteiger partial charge in [-0.3, -0.25) is 4.79 Å². The third-order valence-corrected chi connectivity index (χ3v) is 6.86. The number of amides is 1. The number of hydrogen-bond acceptors (Lipinski definition) is 6. The van der Waals surface area contributed by atoms with E-state index in [4.69, 9.17) is 11.6 Å². The molecule has 158 valence electrons. The predicted octanol–water partition coefficient (Wildman–Crippen LogP) is 6.24. The summed E-state index contributed by atoms with van der Waals surface area (Å²) in [7, 11) is 0. The molecular formula is C21H17BrClN5OS2. The number of thiazole rings is 1. The molecular weight excluding hydrogens is 518 g/mol. The van der Waals surface area contributed by atoms with Crippen LogP contribution in [-0.4, -0.2) is 31.4 Å². The van der Waals surface area contributed by atoms with E-state index in [0.29, 0.717) is 21.9 Å². The number of nitrogens with one attached hydrogen (secondary N) is 1. The highest BCUT2D eigenvalue weighted by Crippen LogP contribution is 2.27. The van der Waals surface area contributed by atoms with Crippen LogP contribution in [0.3, 0.4) is 0 Å². The Kier molecular flexibility index (Phi) is 7.06. The van der Waals surface area contributed by atoms with E-state index < -0.39 is 0 Å². The molecule has 0 saturated carbocycles. The van der Waals surface area contributed by atoms with Crippen LogP contribution >= 0.6 is 50.6 Å². The molecule has 0 unspecified atom stereocenters. The molecule has 1 amide bonds. The maximum atomic E-state index is 12.4. The van der Waals surface area contributed by atoms with Crippen molar-refractivity contribution in [2.75, 3.05) is 11.1 Å². The molecule has 0 saturated heterocycles. The second-order valence-corrected chi connectivity index (χ2v) is 9.59. The van der Waals surface area contributed by atoms with Crippen LogP contribution in [0.1, 0.15) is 6.92 Å². The van der Waals surface area contributed by atoms with Crippen molar-refractivity contribution < 1.29 is 4.79 Å². The van der Waals surface area contributed by atoms with Crippen molar-refractivity contribution in [3.8, 4) is 22.6 Å². The first kappa shape index (κ1) is 22.0. The van der Waals surface area contributed by atoms with Crippen molar-refractivity contribution in [2.24, 2.45) is 0 Å². The molecule has 0 spiro atoms. The fraction of sp³-hybridized carbons (Fsp3) is 0.143. The fourth-order valence-electron chi connectivity index (χ4n) is 2.86. The lowest BCUT2D eigenvalue weighted by Crippen LogP contribution is -2.14. The van der Waals surface area contributed by atoms with Gasteiger partial charge in [0.15, 0.2) is 16.1 Å². The highest BCUT2D eigenvalue weighted by molar-refractivity contribution is 9.10. The van der Waals surface area contributed by atoms with E-state index in [9.17, 15) is 4.79 Å². The van der Waals surface area contributed by atoms with Crippen molar-refractivity contribution in [3.63, 3.8) is 0 Å². The predicted molar refractivity (Wildman–Crippen MR) is 131 cm³/mol. The van der Waals surface area contributed by atoms with Gasteiger partial charge in [-0.25, -0.2) is 4.98 Å². The van der Waals surface area contributed by atoms with Crippen LogP contribution in [0.25, 0.3) is 22.6 Å². The Labute approximate surface area is 201 Å². The van der Waals surface area contributed by atoms with Crippen molar-refractivity contribution >= 4 is 61.7 Å². The fourth-order valence-corrected chi connectivity index (χ4v) is 4.79. The van der Waals surface area contributed by atoms with Crippen molar-refractivity contribution in [1.29, 1.82) is 0 Å². The SMILES string of the molecule is CCn1c(SCC(=O)Nc2nc(-c3ccc(Br)cc3)cs2)nnc1-c1ccc(Cl)cc1. The summed E-state index contributed by atoms with van der Waals surface area (Å²) in [6, 6.07) is 15.4. The van der Waals surface area contributed by atoms with E-state index in [1.807, 2.05) is 65.4 Å². The van der Waals surface area contributed by atoms with Crippen molar-refractivity contribution in [2.45, 2.75) is 18.6 Å². The van der Waals surface area contributed by atoms with Gasteiger partial charge in [0.05, 0.1) is 11.4 Å². The summed E-state index contributed by atoms with van der Waals surface area (Å²) in [4.78, 5) is 17.0. The summed E-state index contributed by atoms with van der Waals surface area (Å²) in [6.45, 7) is 2.71. The first-order valence-electron chi connectivity index (χ1n) is 9.36. The molecule has 0 bridgehead atoms. The molecule has 10 heteroatoms. The molecule has 31 heavy (non-hydrogen) atoms. The summed E-state index contributed by atoms with van der Waals surface area (Å²) in [5.74, 6) is 0.827. The van der Waals surface area contributed by atoms with Gasteiger partial charge in [0.2, 0.25) is 5.91 Å². The number of aromatic nitrogens is 4. The standard InChI is InChI=1S/C21H17BrClN5OS2/c1-2-28-19(14-5-9-16(23)10-6-14)26-27-21(28)31-12-18(29)25-20-24-17(11-30-20)13-3-7-15(22)8-4-13/h3-11H,2,12H2,1H3,(H,24,25,29). The molecule has 4 aromatic rings. The number of rotatable bonds is 7. The van der Waals surface area contributed by atoms with Gasteiger partial charge in [0.1, 0.15) is 0 Å². The van der Waals surface area contributed by atoms with E-state index in [1.54, 1.807) is 0 Å². The van der Waals surface area contributed by atoms with Crippen LogP contribution < -0.4 is 5.32 Å². The Hall–Kier alpha value is -2.20. The molecule has 0 aliphatic rings. The second-order valence-electron chi connectivity index (χ2n) is 6.44. The van der Waals surface area contributed by atoms with E-state index in [-0.39, 0.29) is 11.7 Å². The summed E-state index contributed by atoms with van der Waals surface area (Å²) in [5, 5.41) is 15.3. The number of thioether (sulfide) groups is 1. The monoisotopic (exact) mass is 533 g/mol. The van der Waals surface area contributed by atoms with Gasteiger partial charge in [-0.05, 0) is 43.3 Å². The average molecular weight is 535 g/mol. The zero-order valence-corrected chi connectivity index (χ0v) is 20.4. The summed E-state index contributed by atoms with van der Waals surface area (Å²) >= 11 is 12.1. The maximum Gasteiger partial charge on any atom is 0.236 e. The van der Waals surface area contributed by atoms with Crippen LogP contribution in [0.15, 0.2) is 63.5 Å².